The zero-order valence-electron chi connectivity index (χ0n) is 22.5. The van der Waals surface area contributed by atoms with Crippen molar-refractivity contribution in [1.82, 2.24) is 0 Å². The van der Waals surface area contributed by atoms with Gasteiger partial charge in [0.05, 0.1) is 35.5 Å². The van der Waals surface area contributed by atoms with Crippen molar-refractivity contribution < 1.29 is 23.7 Å². The third-order valence-corrected chi connectivity index (χ3v) is 7.96. The van der Waals surface area contributed by atoms with Gasteiger partial charge in [-0.15, -0.1) is 0 Å². The minimum absolute atomic E-state index is 0.658. The van der Waals surface area contributed by atoms with E-state index >= 15 is 0 Å². The van der Waals surface area contributed by atoms with Gasteiger partial charge in [0.25, 0.3) is 0 Å². The molecule has 0 N–H and O–H groups in total. The molecule has 0 aliphatic carbocycles. The summed E-state index contributed by atoms with van der Waals surface area (Å²) in [6, 6.07) is 12.9. The van der Waals surface area contributed by atoms with Crippen LogP contribution in [0.2, 0.25) is 0 Å². The first-order valence-corrected chi connectivity index (χ1v) is 12.3. The molecular formula is C32H30O5. The summed E-state index contributed by atoms with van der Waals surface area (Å²) in [6.07, 6.45) is 0. The van der Waals surface area contributed by atoms with Gasteiger partial charge in [0.15, 0.2) is 23.0 Å². The molecule has 0 saturated heterocycles. The Morgan fingerprint density at radius 3 is 1.35 bits per heavy atom. The molecule has 0 unspecified atom stereocenters. The quantitative estimate of drug-likeness (QED) is 0.180. The number of hydrogen-bond acceptors (Lipinski definition) is 5. The Balaban J connectivity index is 2.09. The number of rotatable bonds is 5. The van der Waals surface area contributed by atoms with Gasteiger partial charge in [-0.2, -0.15) is 0 Å². The monoisotopic (exact) mass is 494 g/mol. The van der Waals surface area contributed by atoms with Crippen LogP contribution in [0.3, 0.4) is 0 Å². The SMILES string of the molecule is COc1cc2c(cc1OC)c1c(OC)c(OC)cc3c4cc(C)c(C)cc4c4c(C)c(OC)cc2c4c31. The molecule has 0 bridgehead atoms. The maximum atomic E-state index is 6.04. The van der Waals surface area contributed by atoms with E-state index in [9.17, 15) is 0 Å². The average molecular weight is 495 g/mol. The summed E-state index contributed by atoms with van der Waals surface area (Å²) >= 11 is 0. The number of benzene rings is 6. The zero-order chi connectivity index (χ0) is 26.2. The van der Waals surface area contributed by atoms with E-state index in [1.807, 2.05) is 6.07 Å². The van der Waals surface area contributed by atoms with E-state index in [2.05, 4.69) is 51.1 Å². The Morgan fingerprint density at radius 1 is 0.378 bits per heavy atom. The lowest BCUT2D eigenvalue weighted by molar-refractivity contribution is 0.355. The van der Waals surface area contributed by atoms with Gasteiger partial charge in [0, 0.05) is 10.8 Å². The molecule has 0 spiro atoms. The van der Waals surface area contributed by atoms with Crippen molar-refractivity contribution in [2.75, 3.05) is 35.5 Å². The molecule has 5 nitrogen and oxygen atoms in total. The number of hydrogen-bond donors (Lipinski definition) is 0. The van der Waals surface area contributed by atoms with E-state index in [0.29, 0.717) is 23.0 Å². The van der Waals surface area contributed by atoms with Crippen molar-refractivity contribution in [2.45, 2.75) is 20.8 Å². The average Bonchev–Trinajstić information content (AvgIpc) is 2.92. The van der Waals surface area contributed by atoms with Crippen LogP contribution in [0.25, 0.3) is 53.9 Å². The van der Waals surface area contributed by atoms with Crippen molar-refractivity contribution in [3.8, 4) is 28.7 Å². The molecule has 0 aromatic heterocycles. The summed E-state index contributed by atoms with van der Waals surface area (Å²) in [7, 11) is 8.44. The molecule has 0 atom stereocenters. The smallest absolute Gasteiger partial charge is 0.169 e. The van der Waals surface area contributed by atoms with Crippen molar-refractivity contribution in [2.24, 2.45) is 0 Å². The van der Waals surface area contributed by atoms with Crippen LogP contribution in [-0.2, 0) is 0 Å². The summed E-state index contributed by atoms with van der Waals surface area (Å²) in [5, 5.41) is 11.1. The van der Waals surface area contributed by atoms with Crippen LogP contribution in [0.4, 0.5) is 0 Å². The second-order valence-corrected chi connectivity index (χ2v) is 9.65. The highest BCUT2D eigenvalue weighted by Gasteiger charge is 2.26. The molecule has 0 fully saturated rings. The van der Waals surface area contributed by atoms with Crippen molar-refractivity contribution >= 4 is 53.9 Å². The molecule has 0 radical (unpaired) electrons. The minimum atomic E-state index is 0.658. The van der Waals surface area contributed by atoms with Gasteiger partial charge >= 0.3 is 0 Å². The van der Waals surface area contributed by atoms with Crippen LogP contribution >= 0.6 is 0 Å². The van der Waals surface area contributed by atoms with E-state index in [0.717, 1.165) is 43.6 Å². The second-order valence-electron chi connectivity index (χ2n) is 9.65. The Bertz CT molecular complexity index is 1880. The molecule has 0 aliphatic rings. The lowest BCUT2D eigenvalue weighted by atomic mass is 9.83. The van der Waals surface area contributed by atoms with Crippen LogP contribution in [0.1, 0.15) is 16.7 Å². The van der Waals surface area contributed by atoms with Gasteiger partial charge < -0.3 is 23.7 Å². The zero-order valence-corrected chi connectivity index (χ0v) is 22.5. The van der Waals surface area contributed by atoms with Gasteiger partial charge in [0.2, 0.25) is 0 Å². The lowest BCUT2D eigenvalue weighted by Gasteiger charge is -2.24. The molecule has 0 aliphatic heterocycles. The molecule has 188 valence electrons. The highest BCUT2D eigenvalue weighted by molar-refractivity contribution is 6.42. The first-order valence-electron chi connectivity index (χ1n) is 12.3. The summed E-state index contributed by atoms with van der Waals surface area (Å²) in [5.74, 6) is 3.57. The Kier molecular flexibility index (Phi) is 5.16. The second kappa shape index (κ2) is 8.20. The van der Waals surface area contributed by atoms with Gasteiger partial charge in [-0.25, -0.2) is 0 Å². The molecule has 0 amide bonds. The highest BCUT2D eigenvalue weighted by Crippen LogP contribution is 2.54. The van der Waals surface area contributed by atoms with Crippen LogP contribution in [-0.4, -0.2) is 35.5 Å². The highest BCUT2D eigenvalue weighted by atomic mass is 16.5. The minimum Gasteiger partial charge on any atom is -0.496 e. The van der Waals surface area contributed by atoms with Crippen molar-refractivity contribution in [1.29, 1.82) is 0 Å². The fourth-order valence-electron chi connectivity index (χ4n) is 6.06. The summed E-state index contributed by atoms with van der Waals surface area (Å²) in [6.45, 7) is 6.47. The molecule has 6 rings (SSSR count). The normalized spacial score (nSPS) is 11.8. The predicted molar refractivity (Wildman–Crippen MR) is 152 cm³/mol. The lowest BCUT2D eigenvalue weighted by Crippen LogP contribution is -1.99. The summed E-state index contributed by atoms with van der Waals surface area (Å²) in [4.78, 5) is 0. The molecule has 6 aromatic carbocycles. The fraction of sp³-hybridized carbons (Fsp3) is 0.250. The number of aryl methyl sites for hydroxylation is 3. The Morgan fingerprint density at radius 2 is 0.784 bits per heavy atom. The summed E-state index contributed by atoms with van der Waals surface area (Å²) < 4.78 is 29.3. The van der Waals surface area contributed by atoms with Gasteiger partial charge in [-0.1, -0.05) is 12.1 Å². The third kappa shape index (κ3) is 2.97. The first kappa shape index (κ1) is 23.3. The van der Waals surface area contributed by atoms with E-state index in [4.69, 9.17) is 23.7 Å². The van der Waals surface area contributed by atoms with Crippen LogP contribution < -0.4 is 23.7 Å². The molecule has 5 heteroatoms. The number of ether oxygens (including phenoxy) is 5. The van der Waals surface area contributed by atoms with Gasteiger partial charge in [-0.05, 0) is 105 Å². The van der Waals surface area contributed by atoms with Crippen LogP contribution in [0, 0.1) is 20.8 Å². The van der Waals surface area contributed by atoms with Crippen molar-refractivity contribution in [3.05, 3.63) is 53.1 Å². The van der Waals surface area contributed by atoms with Gasteiger partial charge in [0.1, 0.15) is 5.75 Å². The van der Waals surface area contributed by atoms with Crippen molar-refractivity contribution in [3.63, 3.8) is 0 Å². The van der Waals surface area contributed by atoms with Crippen LogP contribution in [0.15, 0.2) is 36.4 Å². The van der Waals surface area contributed by atoms with E-state index in [-0.39, 0.29) is 0 Å². The number of methoxy groups -OCH3 is 5. The predicted octanol–water partition coefficient (Wildman–Crippen LogP) is 7.86. The van der Waals surface area contributed by atoms with Crippen LogP contribution in [0.5, 0.6) is 28.7 Å². The fourth-order valence-corrected chi connectivity index (χ4v) is 6.06. The summed E-state index contributed by atoms with van der Waals surface area (Å²) in [5.41, 5.74) is 3.61. The van der Waals surface area contributed by atoms with E-state index in [1.165, 1.54) is 32.7 Å². The Hall–Kier alpha value is -4.12. The standard InChI is InChI=1S/C32H30O5/c1-15-9-18-20(10-16(15)2)28-17(3)24(33-4)12-21-19-11-25(34-5)26(35-6)13-23(19)31-30(29(21)28)22(18)14-27(36-7)32(31)37-8/h9-14H,1-8H3. The largest absolute Gasteiger partial charge is 0.496 e. The molecule has 6 aromatic rings. The molecule has 0 heterocycles. The molecular weight excluding hydrogens is 464 g/mol. The maximum Gasteiger partial charge on any atom is 0.169 e. The molecule has 37 heavy (non-hydrogen) atoms. The third-order valence-electron chi connectivity index (χ3n) is 7.96. The first-order chi connectivity index (χ1) is 17.9. The van der Waals surface area contributed by atoms with E-state index < -0.39 is 0 Å². The number of fused-ring (bicyclic) bond motifs is 6. The molecule has 0 saturated carbocycles. The topological polar surface area (TPSA) is 46.2 Å². The Labute approximate surface area is 215 Å². The van der Waals surface area contributed by atoms with Gasteiger partial charge in [-0.3, -0.25) is 0 Å². The van der Waals surface area contributed by atoms with E-state index in [1.54, 1.807) is 35.5 Å². The maximum absolute atomic E-state index is 6.04.